The minimum atomic E-state index is -1.15. The van der Waals surface area contributed by atoms with E-state index in [1.165, 1.54) is 0 Å². The van der Waals surface area contributed by atoms with Crippen molar-refractivity contribution >= 4 is 60.0 Å². The average molecular weight is 454 g/mol. The molecule has 2 aromatic rings. The van der Waals surface area contributed by atoms with E-state index in [-0.39, 0.29) is 32.9 Å². The van der Waals surface area contributed by atoms with Crippen molar-refractivity contribution in [3.05, 3.63) is 46.4 Å². The summed E-state index contributed by atoms with van der Waals surface area (Å²) in [4.78, 5) is 10.6. The Labute approximate surface area is 116 Å². The van der Waals surface area contributed by atoms with Crippen LogP contribution < -0.4 is 5.11 Å². The molecule has 0 N–H and O–H groups in total. The van der Waals surface area contributed by atoms with E-state index in [9.17, 15) is 9.90 Å². The predicted octanol–water partition coefficient (Wildman–Crippen LogP) is 1.58. The van der Waals surface area contributed by atoms with Gasteiger partial charge < -0.3 is 9.90 Å². The first kappa shape index (κ1) is 12.6. The molecule has 2 rings (SSSR count). The number of hydrogen-bond acceptors (Lipinski definition) is 2. The van der Waals surface area contributed by atoms with E-state index in [1.54, 1.807) is 18.2 Å². The first-order valence-corrected chi connectivity index (χ1v) is 4.87. The number of carboxylic acids is 1. The second-order valence-corrected chi connectivity index (χ2v) is 3.82. The zero-order chi connectivity index (χ0) is 10.1. The quantitative estimate of drug-likeness (QED) is 0.615. The van der Waals surface area contributed by atoms with Gasteiger partial charge in [0.05, 0.1) is 5.97 Å². The minimum Gasteiger partial charge on any atom is -0.545 e. The standard InChI is InChI=1S/C11H7BrO2.Tl/c12-10-3-1-2-7-6-8(11(13)14)4-5-9(7)10;/h1-6H,(H,13,14);/q;+1/p-1. The Morgan fingerprint density at radius 2 is 1.93 bits per heavy atom. The fourth-order valence-corrected chi connectivity index (χ4v) is 1.88. The summed E-state index contributed by atoms with van der Waals surface area (Å²) < 4.78 is 0.958. The van der Waals surface area contributed by atoms with Crippen molar-refractivity contribution in [3.63, 3.8) is 0 Å². The number of aromatic carboxylic acids is 1. The Kier molecular flexibility index (Phi) is 4.27. The van der Waals surface area contributed by atoms with E-state index < -0.39 is 5.97 Å². The van der Waals surface area contributed by atoms with Gasteiger partial charge in [0.15, 0.2) is 0 Å². The summed E-state index contributed by atoms with van der Waals surface area (Å²) in [6.07, 6.45) is 0. The van der Waals surface area contributed by atoms with E-state index in [2.05, 4.69) is 15.9 Å². The van der Waals surface area contributed by atoms with E-state index in [0.717, 1.165) is 15.2 Å². The number of halogens is 1. The molecule has 0 unspecified atom stereocenters. The number of benzene rings is 2. The van der Waals surface area contributed by atoms with Gasteiger partial charge >= 0.3 is 27.3 Å². The van der Waals surface area contributed by atoms with Crippen molar-refractivity contribution in [1.82, 2.24) is 0 Å². The van der Waals surface area contributed by atoms with Crippen LogP contribution in [0.15, 0.2) is 40.9 Å². The van der Waals surface area contributed by atoms with Gasteiger partial charge in [0.2, 0.25) is 0 Å². The summed E-state index contributed by atoms with van der Waals surface area (Å²) in [6, 6.07) is 10.6. The molecule has 2 aromatic carbocycles. The molecular formula is C11H6BrO2Tl. The molecule has 4 heteroatoms. The Hall–Kier alpha value is -0.428. The fourth-order valence-electron chi connectivity index (χ4n) is 1.37. The van der Waals surface area contributed by atoms with Crippen LogP contribution in [0.1, 0.15) is 10.4 Å². The molecule has 0 fully saturated rings. The van der Waals surface area contributed by atoms with Crippen molar-refractivity contribution in [3.8, 4) is 0 Å². The first-order chi connectivity index (χ1) is 6.68. The summed E-state index contributed by atoms with van der Waals surface area (Å²) in [5.74, 6) is -1.15. The second kappa shape index (κ2) is 5.07. The number of carbonyl (C=O) groups excluding carboxylic acids is 1. The first-order valence-electron chi connectivity index (χ1n) is 4.08. The molecule has 72 valence electrons. The monoisotopic (exact) mass is 454 g/mol. The number of carboxylic acid groups (broad SMARTS) is 1. The van der Waals surface area contributed by atoms with Gasteiger partial charge in [0.25, 0.3) is 0 Å². The van der Waals surface area contributed by atoms with Gasteiger partial charge in [-0.3, -0.25) is 0 Å². The van der Waals surface area contributed by atoms with Crippen molar-refractivity contribution in [2.45, 2.75) is 0 Å². The Balaban J connectivity index is 0.00000112. The molecule has 0 aliphatic heterocycles. The smallest absolute Gasteiger partial charge is 0.545 e. The Bertz CT molecular complexity index is 511. The van der Waals surface area contributed by atoms with E-state index in [0.29, 0.717) is 0 Å². The molecule has 0 spiro atoms. The molecule has 2 nitrogen and oxygen atoms in total. The fraction of sp³-hybridized carbons (Fsp3) is 0. The SMILES string of the molecule is O=C([O-])c1ccc2c(Br)cccc2c1.[Tl+]. The van der Waals surface area contributed by atoms with Crippen LogP contribution in [0.2, 0.25) is 0 Å². The van der Waals surface area contributed by atoms with E-state index in [4.69, 9.17) is 0 Å². The third-order valence-corrected chi connectivity index (χ3v) is 2.75. The van der Waals surface area contributed by atoms with Crippen molar-refractivity contribution < 1.29 is 9.90 Å². The molecule has 0 aromatic heterocycles. The van der Waals surface area contributed by atoms with E-state index >= 15 is 0 Å². The molecular weight excluding hydrogens is 448 g/mol. The summed E-state index contributed by atoms with van der Waals surface area (Å²) in [7, 11) is 0. The molecule has 0 heterocycles. The summed E-state index contributed by atoms with van der Waals surface area (Å²) >= 11 is 3.40. The zero-order valence-electron chi connectivity index (χ0n) is 7.74. The van der Waals surface area contributed by atoms with Crippen molar-refractivity contribution in [1.29, 1.82) is 0 Å². The number of rotatable bonds is 1. The van der Waals surface area contributed by atoms with Crippen LogP contribution in [0.4, 0.5) is 0 Å². The molecule has 0 amide bonds. The maximum absolute atomic E-state index is 10.6. The number of hydrogen-bond donors (Lipinski definition) is 0. The van der Waals surface area contributed by atoms with Crippen molar-refractivity contribution in [2.75, 3.05) is 0 Å². The maximum atomic E-state index is 10.6. The zero-order valence-corrected chi connectivity index (χ0v) is 13.8. The molecule has 0 aliphatic carbocycles. The van der Waals surface area contributed by atoms with Gasteiger partial charge in [-0.05, 0) is 28.5 Å². The molecule has 0 atom stereocenters. The van der Waals surface area contributed by atoms with Crippen LogP contribution in [-0.4, -0.2) is 33.3 Å². The van der Waals surface area contributed by atoms with Gasteiger partial charge in [-0.1, -0.05) is 40.2 Å². The molecule has 0 saturated heterocycles. The number of carbonyl (C=O) groups is 1. The van der Waals surface area contributed by atoms with E-state index in [1.807, 2.05) is 18.2 Å². The summed E-state index contributed by atoms with van der Waals surface area (Å²) in [5, 5.41) is 12.5. The molecule has 0 aliphatic rings. The van der Waals surface area contributed by atoms with Crippen LogP contribution in [0, 0.1) is 0 Å². The second-order valence-electron chi connectivity index (χ2n) is 2.96. The van der Waals surface area contributed by atoms with Gasteiger partial charge in [0.1, 0.15) is 0 Å². The molecule has 0 saturated carbocycles. The summed E-state index contributed by atoms with van der Waals surface area (Å²) in [5.41, 5.74) is 0.204. The predicted molar refractivity (Wildman–Crippen MR) is 61.7 cm³/mol. The van der Waals surface area contributed by atoms with Gasteiger partial charge in [-0.2, -0.15) is 0 Å². The normalized spacial score (nSPS) is 9.67. The van der Waals surface area contributed by atoms with Crippen LogP contribution >= 0.6 is 15.9 Å². The van der Waals surface area contributed by atoms with Crippen molar-refractivity contribution in [2.24, 2.45) is 0 Å². The average Bonchev–Trinajstić information content (AvgIpc) is 2.17. The topological polar surface area (TPSA) is 40.1 Å². The van der Waals surface area contributed by atoms with Gasteiger partial charge in [-0.25, -0.2) is 0 Å². The van der Waals surface area contributed by atoms with Crippen LogP contribution in [0.25, 0.3) is 10.8 Å². The molecule has 0 bridgehead atoms. The van der Waals surface area contributed by atoms with Crippen LogP contribution in [0.5, 0.6) is 0 Å². The Morgan fingerprint density at radius 3 is 2.60 bits per heavy atom. The van der Waals surface area contributed by atoms with Gasteiger partial charge in [-0.15, -0.1) is 0 Å². The van der Waals surface area contributed by atoms with Gasteiger partial charge in [0, 0.05) is 4.47 Å². The largest absolute Gasteiger partial charge is 1.00 e. The molecule has 0 radical (unpaired) electrons. The maximum Gasteiger partial charge on any atom is 1.00 e. The van der Waals surface area contributed by atoms with Crippen LogP contribution in [-0.2, 0) is 0 Å². The summed E-state index contributed by atoms with van der Waals surface area (Å²) in [6.45, 7) is 0. The number of fused-ring (bicyclic) bond motifs is 1. The third-order valence-electron chi connectivity index (χ3n) is 2.06. The minimum absolute atomic E-state index is 0. The van der Waals surface area contributed by atoms with Crippen LogP contribution in [0.3, 0.4) is 0 Å². The third kappa shape index (κ3) is 2.57. The Morgan fingerprint density at radius 1 is 1.20 bits per heavy atom. The molecule has 15 heavy (non-hydrogen) atoms.